The standard InChI is InChI=1S/C18H14O3S/c19-22(20,21-15-6-2-1-3-7-15)17-12-11-14-10-9-13-5-4-8-16(17)18(13)14/h1-8,11-12H,9-10H2. The third kappa shape index (κ3) is 2.07. The minimum Gasteiger partial charge on any atom is -0.379 e. The molecule has 0 aliphatic heterocycles. The Morgan fingerprint density at radius 1 is 0.773 bits per heavy atom. The Morgan fingerprint density at radius 2 is 1.50 bits per heavy atom. The van der Waals surface area contributed by atoms with Crippen LogP contribution in [0.3, 0.4) is 0 Å². The molecule has 3 aromatic rings. The summed E-state index contributed by atoms with van der Waals surface area (Å²) in [7, 11) is -3.85. The smallest absolute Gasteiger partial charge is 0.339 e. The second kappa shape index (κ2) is 4.85. The van der Waals surface area contributed by atoms with Crippen LogP contribution in [0.1, 0.15) is 11.1 Å². The van der Waals surface area contributed by atoms with Crippen molar-refractivity contribution in [1.82, 2.24) is 0 Å². The molecule has 1 aliphatic carbocycles. The summed E-state index contributed by atoms with van der Waals surface area (Å²) < 4.78 is 30.5. The van der Waals surface area contributed by atoms with Crippen molar-refractivity contribution in [2.24, 2.45) is 0 Å². The van der Waals surface area contributed by atoms with Crippen LogP contribution in [0, 0.1) is 0 Å². The van der Waals surface area contributed by atoms with Crippen LogP contribution in [0.4, 0.5) is 0 Å². The van der Waals surface area contributed by atoms with E-state index < -0.39 is 10.1 Å². The molecule has 110 valence electrons. The molecule has 1 aliphatic rings. The zero-order valence-electron chi connectivity index (χ0n) is 11.8. The number of aryl methyl sites for hydroxylation is 2. The van der Waals surface area contributed by atoms with Crippen LogP contribution >= 0.6 is 0 Å². The van der Waals surface area contributed by atoms with E-state index in [4.69, 9.17) is 4.18 Å². The molecule has 0 amide bonds. The molecule has 0 radical (unpaired) electrons. The van der Waals surface area contributed by atoms with E-state index in [1.54, 1.807) is 30.3 Å². The lowest BCUT2D eigenvalue weighted by Crippen LogP contribution is -2.10. The van der Waals surface area contributed by atoms with Crippen LogP contribution < -0.4 is 4.18 Å². The van der Waals surface area contributed by atoms with E-state index in [-0.39, 0.29) is 4.90 Å². The molecular formula is C18H14O3S. The van der Waals surface area contributed by atoms with Crippen molar-refractivity contribution in [1.29, 1.82) is 0 Å². The molecule has 4 rings (SSSR count). The van der Waals surface area contributed by atoms with Gasteiger partial charge in [0.1, 0.15) is 10.6 Å². The molecular weight excluding hydrogens is 296 g/mol. The first kappa shape index (κ1) is 13.3. The highest BCUT2D eigenvalue weighted by Gasteiger charge is 2.23. The number of rotatable bonds is 3. The highest BCUT2D eigenvalue weighted by atomic mass is 32.2. The number of hydrogen-bond acceptors (Lipinski definition) is 3. The Kier molecular flexibility index (Phi) is 2.94. The fraction of sp³-hybridized carbons (Fsp3) is 0.111. The molecule has 0 saturated heterocycles. The molecule has 0 unspecified atom stereocenters. The zero-order valence-corrected chi connectivity index (χ0v) is 12.6. The van der Waals surface area contributed by atoms with Crippen molar-refractivity contribution in [3.63, 3.8) is 0 Å². The Labute approximate surface area is 129 Å². The summed E-state index contributed by atoms with van der Waals surface area (Å²) in [4.78, 5) is 0.235. The van der Waals surface area contributed by atoms with Gasteiger partial charge in [-0.05, 0) is 47.6 Å². The highest BCUT2D eigenvalue weighted by Crippen LogP contribution is 2.35. The molecule has 0 aromatic heterocycles. The normalized spacial score (nSPS) is 13.5. The number of benzene rings is 3. The first-order valence-electron chi connectivity index (χ1n) is 7.18. The number of hydrogen-bond donors (Lipinski definition) is 0. The average Bonchev–Trinajstić information content (AvgIpc) is 2.93. The van der Waals surface area contributed by atoms with E-state index in [0.29, 0.717) is 5.75 Å². The quantitative estimate of drug-likeness (QED) is 0.693. The molecule has 0 heterocycles. The second-order valence-electron chi connectivity index (χ2n) is 5.41. The van der Waals surface area contributed by atoms with Crippen molar-refractivity contribution < 1.29 is 12.6 Å². The largest absolute Gasteiger partial charge is 0.379 e. The van der Waals surface area contributed by atoms with Gasteiger partial charge in [0.25, 0.3) is 0 Å². The predicted octanol–water partition coefficient (Wildman–Crippen LogP) is 3.71. The summed E-state index contributed by atoms with van der Waals surface area (Å²) in [5, 5.41) is 1.82. The van der Waals surface area contributed by atoms with Crippen LogP contribution in [0.2, 0.25) is 0 Å². The van der Waals surface area contributed by atoms with Gasteiger partial charge < -0.3 is 4.18 Å². The minimum atomic E-state index is -3.85. The second-order valence-corrected chi connectivity index (χ2v) is 6.93. The SMILES string of the molecule is O=S(=O)(Oc1ccccc1)c1ccc2c3c(cccc13)CC2. The van der Waals surface area contributed by atoms with Gasteiger partial charge in [-0.3, -0.25) is 0 Å². The van der Waals surface area contributed by atoms with Crippen molar-refractivity contribution in [3.8, 4) is 5.75 Å². The van der Waals surface area contributed by atoms with E-state index in [0.717, 1.165) is 23.6 Å². The maximum atomic E-state index is 12.6. The van der Waals surface area contributed by atoms with Crippen molar-refractivity contribution in [2.75, 3.05) is 0 Å². The summed E-state index contributed by atoms with van der Waals surface area (Å²) in [5.74, 6) is 0.325. The Balaban J connectivity index is 1.88. The van der Waals surface area contributed by atoms with Gasteiger partial charge in [0.05, 0.1) is 0 Å². The molecule has 3 aromatic carbocycles. The molecule has 0 fully saturated rings. The van der Waals surface area contributed by atoms with E-state index in [1.165, 1.54) is 11.1 Å². The van der Waals surface area contributed by atoms with Crippen LogP contribution in [-0.4, -0.2) is 8.42 Å². The summed E-state index contributed by atoms with van der Waals surface area (Å²) in [6, 6.07) is 18.0. The molecule has 22 heavy (non-hydrogen) atoms. The Bertz CT molecular complexity index is 950. The van der Waals surface area contributed by atoms with E-state index in [9.17, 15) is 8.42 Å². The average molecular weight is 310 g/mol. The molecule has 0 N–H and O–H groups in total. The lowest BCUT2D eigenvalue weighted by molar-refractivity contribution is 0.487. The summed E-state index contributed by atoms with van der Waals surface area (Å²) in [6.07, 6.45) is 1.94. The number of para-hydroxylation sites is 1. The molecule has 4 heteroatoms. The fourth-order valence-corrected chi connectivity index (χ4v) is 4.21. The summed E-state index contributed by atoms with van der Waals surface area (Å²) >= 11 is 0. The van der Waals surface area contributed by atoms with Crippen LogP contribution in [-0.2, 0) is 23.0 Å². The highest BCUT2D eigenvalue weighted by molar-refractivity contribution is 7.87. The molecule has 0 spiro atoms. The fourth-order valence-electron chi connectivity index (χ4n) is 3.09. The van der Waals surface area contributed by atoms with E-state index in [2.05, 4.69) is 6.07 Å². The Morgan fingerprint density at radius 3 is 2.27 bits per heavy atom. The van der Waals surface area contributed by atoms with E-state index in [1.807, 2.05) is 24.3 Å². The first-order chi connectivity index (χ1) is 10.6. The maximum Gasteiger partial charge on any atom is 0.339 e. The molecule has 0 atom stereocenters. The van der Waals surface area contributed by atoms with Gasteiger partial charge in [-0.2, -0.15) is 8.42 Å². The van der Waals surface area contributed by atoms with Crippen molar-refractivity contribution in [2.45, 2.75) is 17.7 Å². The lowest BCUT2D eigenvalue weighted by atomic mass is 10.1. The van der Waals surface area contributed by atoms with Gasteiger partial charge in [-0.15, -0.1) is 0 Å². The summed E-state index contributed by atoms with van der Waals surface area (Å²) in [5.41, 5.74) is 2.42. The van der Waals surface area contributed by atoms with Crippen LogP contribution in [0.25, 0.3) is 10.8 Å². The van der Waals surface area contributed by atoms with Crippen LogP contribution in [0.5, 0.6) is 5.75 Å². The van der Waals surface area contributed by atoms with Gasteiger partial charge >= 0.3 is 10.1 Å². The lowest BCUT2D eigenvalue weighted by Gasteiger charge is -2.11. The van der Waals surface area contributed by atoms with Gasteiger partial charge in [-0.25, -0.2) is 0 Å². The van der Waals surface area contributed by atoms with Gasteiger partial charge in [0, 0.05) is 5.39 Å². The minimum absolute atomic E-state index is 0.235. The predicted molar refractivity (Wildman–Crippen MR) is 85.6 cm³/mol. The molecule has 0 bridgehead atoms. The monoisotopic (exact) mass is 310 g/mol. The maximum absolute atomic E-state index is 12.6. The van der Waals surface area contributed by atoms with Gasteiger partial charge in [0.15, 0.2) is 0 Å². The zero-order chi connectivity index (χ0) is 15.2. The molecule has 0 saturated carbocycles. The van der Waals surface area contributed by atoms with E-state index >= 15 is 0 Å². The third-order valence-corrected chi connectivity index (χ3v) is 5.36. The van der Waals surface area contributed by atoms with Crippen molar-refractivity contribution in [3.05, 3.63) is 71.8 Å². The van der Waals surface area contributed by atoms with Crippen molar-refractivity contribution >= 4 is 20.9 Å². The third-order valence-electron chi connectivity index (χ3n) is 4.06. The summed E-state index contributed by atoms with van der Waals surface area (Å²) in [6.45, 7) is 0. The topological polar surface area (TPSA) is 43.4 Å². The van der Waals surface area contributed by atoms with Gasteiger partial charge in [0.2, 0.25) is 0 Å². The first-order valence-corrected chi connectivity index (χ1v) is 8.59. The van der Waals surface area contributed by atoms with Gasteiger partial charge in [-0.1, -0.05) is 42.5 Å². The molecule has 3 nitrogen and oxygen atoms in total. The van der Waals surface area contributed by atoms with Crippen LogP contribution in [0.15, 0.2) is 65.6 Å². The Hall–Kier alpha value is -2.33.